The summed E-state index contributed by atoms with van der Waals surface area (Å²) in [6, 6.07) is 15.1. The monoisotopic (exact) mass is 283 g/mol. The van der Waals surface area contributed by atoms with Crippen LogP contribution >= 0.6 is 0 Å². The lowest BCUT2D eigenvalue weighted by Crippen LogP contribution is -2.24. The fourth-order valence-corrected chi connectivity index (χ4v) is 2.73. The van der Waals surface area contributed by atoms with Crippen LogP contribution in [0.1, 0.15) is 41.6 Å². The molecule has 2 heteroatoms. The summed E-state index contributed by atoms with van der Waals surface area (Å²) >= 11 is 0. The number of methoxy groups -OCH3 is 1. The Balaban J connectivity index is 2.47. The van der Waals surface area contributed by atoms with Crippen molar-refractivity contribution in [2.45, 2.75) is 33.2 Å². The Morgan fingerprint density at radius 2 is 1.81 bits per heavy atom. The van der Waals surface area contributed by atoms with Crippen LogP contribution in [0.2, 0.25) is 0 Å². The Hall–Kier alpha value is -1.80. The van der Waals surface area contributed by atoms with E-state index in [9.17, 15) is 0 Å². The normalized spacial score (nSPS) is 12.2. The van der Waals surface area contributed by atoms with Gasteiger partial charge in [0.25, 0.3) is 0 Å². The third kappa shape index (κ3) is 3.64. The molecule has 0 aliphatic carbocycles. The number of nitrogens with one attached hydrogen (secondary N) is 1. The van der Waals surface area contributed by atoms with Gasteiger partial charge in [0.1, 0.15) is 5.75 Å². The van der Waals surface area contributed by atoms with Crippen molar-refractivity contribution in [1.82, 2.24) is 5.32 Å². The average molecular weight is 283 g/mol. The summed E-state index contributed by atoms with van der Waals surface area (Å²) in [4.78, 5) is 0. The Bertz CT molecular complexity index is 592. The van der Waals surface area contributed by atoms with Gasteiger partial charge >= 0.3 is 0 Å². The van der Waals surface area contributed by atoms with Gasteiger partial charge in [-0.15, -0.1) is 0 Å². The zero-order chi connectivity index (χ0) is 15.2. The second-order valence-electron chi connectivity index (χ2n) is 5.49. The summed E-state index contributed by atoms with van der Waals surface area (Å²) in [7, 11) is 1.73. The summed E-state index contributed by atoms with van der Waals surface area (Å²) in [6.07, 6.45) is 1.11. The predicted octanol–water partition coefficient (Wildman–Crippen LogP) is 4.40. The highest BCUT2D eigenvalue weighted by Gasteiger charge is 2.18. The van der Waals surface area contributed by atoms with Gasteiger partial charge in [-0.25, -0.2) is 0 Å². The number of hydrogen-bond donors (Lipinski definition) is 1. The summed E-state index contributed by atoms with van der Waals surface area (Å²) in [5.41, 5.74) is 5.12. The molecule has 112 valence electrons. The van der Waals surface area contributed by atoms with Gasteiger partial charge in [-0.05, 0) is 44.0 Å². The number of aryl methyl sites for hydroxylation is 2. The Labute approximate surface area is 128 Å². The molecule has 0 heterocycles. The molecule has 2 nitrogen and oxygen atoms in total. The van der Waals surface area contributed by atoms with Crippen molar-refractivity contribution in [1.29, 1.82) is 0 Å². The van der Waals surface area contributed by atoms with Gasteiger partial charge in [0.2, 0.25) is 0 Å². The molecule has 0 saturated carbocycles. The van der Waals surface area contributed by atoms with Crippen LogP contribution in [0.5, 0.6) is 5.75 Å². The van der Waals surface area contributed by atoms with Crippen LogP contribution in [0.15, 0.2) is 42.5 Å². The number of hydrogen-bond acceptors (Lipinski definition) is 2. The third-order valence-electron chi connectivity index (χ3n) is 3.78. The highest BCUT2D eigenvalue weighted by molar-refractivity contribution is 5.44. The van der Waals surface area contributed by atoms with Crippen molar-refractivity contribution < 1.29 is 4.74 Å². The van der Waals surface area contributed by atoms with E-state index in [2.05, 4.69) is 56.4 Å². The molecule has 0 saturated heterocycles. The van der Waals surface area contributed by atoms with Crippen LogP contribution in [-0.2, 0) is 0 Å². The van der Waals surface area contributed by atoms with Crippen LogP contribution < -0.4 is 10.1 Å². The van der Waals surface area contributed by atoms with Crippen molar-refractivity contribution >= 4 is 0 Å². The Morgan fingerprint density at radius 3 is 2.48 bits per heavy atom. The minimum atomic E-state index is 0.168. The molecular weight excluding hydrogens is 258 g/mol. The third-order valence-corrected chi connectivity index (χ3v) is 3.78. The van der Waals surface area contributed by atoms with Crippen LogP contribution in [-0.4, -0.2) is 13.7 Å². The van der Waals surface area contributed by atoms with Crippen LogP contribution in [0.4, 0.5) is 0 Å². The van der Waals surface area contributed by atoms with E-state index < -0.39 is 0 Å². The van der Waals surface area contributed by atoms with E-state index in [0.717, 1.165) is 18.7 Å². The summed E-state index contributed by atoms with van der Waals surface area (Å²) in [6.45, 7) is 7.48. The SMILES string of the molecule is CCCNC(c1ccc(C)cc1C)c1ccccc1OC. The summed E-state index contributed by atoms with van der Waals surface area (Å²) in [5.74, 6) is 0.936. The van der Waals surface area contributed by atoms with Crippen molar-refractivity contribution in [3.63, 3.8) is 0 Å². The minimum absolute atomic E-state index is 0.168. The maximum absolute atomic E-state index is 5.55. The molecule has 0 aliphatic rings. The number of rotatable bonds is 6. The highest BCUT2D eigenvalue weighted by atomic mass is 16.5. The average Bonchev–Trinajstić information content (AvgIpc) is 2.49. The van der Waals surface area contributed by atoms with E-state index in [1.54, 1.807) is 7.11 Å². The van der Waals surface area contributed by atoms with Crippen LogP contribution in [0.25, 0.3) is 0 Å². The molecule has 21 heavy (non-hydrogen) atoms. The van der Waals surface area contributed by atoms with Crippen molar-refractivity contribution in [3.8, 4) is 5.75 Å². The van der Waals surface area contributed by atoms with E-state index in [1.807, 2.05) is 12.1 Å². The summed E-state index contributed by atoms with van der Waals surface area (Å²) in [5, 5.41) is 3.66. The molecule has 0 aliphatic heterocycles. The fourth-order valence-electron chi connectivity index (χ4n) is 2.73. The van der Waals surface area contributed by atoms with E-state index in [-0.39, 0.29) is 6.04 Å². The number of ether oxygens (including phenoxy) is 1. The Morgan fingerprint density at radius 1 is 1.05 bits per heavy atom. The Kier molecular flexibility index (Phi) is 5.40. The summed E-state index contributed by atoms with van der Waals surface area (Å²) < 4.78 is 5.55. The van der Waals surface area contributed by atoms with Crippen molar-refractivity contribution in [2.24, 2.45) is 0 Å². The standard InChI is InChI=1S/C19H25NO/c1-5-12-20-19(16-11-10-14(2)13-15(16)3)17-8-6-7-9-18(17)21-4/h6-11,13,19-20H,5,12H2,1-4H3. The van der Waals surface area contributed by atoms with E-state index >= 15 is 0 Å². The lowest BCUT2D eigenvalue weighted by atomic mass is 9.93. The zero-order valence-electron chi connectivity index (χ0n) is 13.4. The molecule has 2 rings (SSSR count). The van der Waals surface area contributed by atoms with Gasteiger partial charge in [0.15, 0.2) is 0 Å². The van der Waals surface area contributed by atoms with Crippen molar-refractivity contribution in [3.05, 3.63) is 64.7 Å². The molecule has 2 aromatic carbocycles. The first-order valence-electron chi connectivity index (χ1n) is 7.60. The molecule has 0 radical (unpaired) electrons. The van der Waals surface area contributed by atoms with Gasteiger partial charge in [0, 0.05) is 5.56 Å². The predicted molar refractivity (Wildman–Crippen MR) is 89.0 cm³/mol. The van der Waals surface area contributed by atoms with Gasteiger partial charge in [-0.2, -0.15) is 0 Å². The molecule has 1 atom stereocenters. The van der Waals surface area contributed by atoms with E-state index in [4.69, 9.17) is 4.74 Å². The first-order chi connectivity index (χ1) is 10.2. The van der Waals surface area contributed by atoms with Crippen LogP contribution in [0.3, 0.4) is 0 Å². The molecule has 0 bridgehead atoms. The molecule has 1 unspecified atom stereocenters. The second-order valence-corrected chi connectivity index (χ2v) is 5.49. The lowest BCUT2D eigenvalue weighted by Gasteiger charge is -2.23. The second kappa shape index (κ2) is 7.28. The number of para-hydroxylation sites is 1. The van der Waals surface area contributed by atoms with Gasteiger partial charge < -0.3 is 10.1 Å². The fraction of sp³-hybridized carbons (Fsp3) is 0.368. The molecule has 0 amide bonds. The van der Waals surface area contributed by atoms with Gasteiger partial charge in [0.05, 0.1) is 13.2 Å². The van der Waals surface area contributed by atoms with E-state index in [1.165, 1.54) is 22.3 Å². The molecule has 2 aromatic rings. The smallest absolute Gasteiger partial charge is 0.123 e. The minimum Gasteiger partial charge on any atom is -0.496 e. The first kappa shape index (κ1) is 15.6. The largest absolute Gasteiger partial charge is 0.496 e. The molecule has 1 N–H and O–H groups in total. The van der Waals surface area contributed by atoms with Gasteiger partial charge in [-0.1, -0.05) is 48.9 Å². The quantitative estimate of drug-likeness (QED) is 0.848. The molecule has 0 spiro atoms. The van der Waals surface area contributed by atoms with Crippen molar-refractivity contribution in [2.75, 3.05) is 13.7 Å². The zero-order valence-corrected chi connectivity index (χ0v) is 13.4. The maximum atomic E-state index is 5.55. The highest BCUT2D eigenvalue weighted by Crippen LogP contribution is 2.31. The van der Waals surface area contributed by atoms with E-state index in [0.29, 0.717) is 0 Å². The van der Waals surface area contributed by atoms with Crippen LogP contribution in [0, 0.1) is 13.8 Å². The van der Waals surface area contributed by atoms with Gasteiger partial charge in [-0.3, -0.25) is 0 Å². The topological polar surface area (TPSA) is 21.3 Å². The lowest BCUT2D eigenvalue weighted by molar-refractivity contribution is 0.403. The molecular formula is C19H25NO. The maximum Gasteiger partial charge on any atom is 0.123 e. The number of benzene rings is 2. The first-order valence-corrected chi connectivity index (χ1v) is 7.60. The molecule has 0 fully saturated rings. The molecule has 0 aromatic heterocycles.